The van der Waals surface area contributed by atoms with Gasteiger partial charge in [-0.15, -0.1) is 0 Å². The van der Waals surface area contributed by atoms with E-state index in [1.807, 2.05) is 37.3 Å². The van der Waals surface area contributed by atoms with E-state index in [0.29, 0.717) is 25.6 Å². The Kier molecular flexibility index (Phi) is 8.60. The molecule has 0 aromatic heterocycles. The standard InChI is InChI=1S/C22H34O4/c1-18-8-10-19(11-9-18)12-13-21(24)26-17-22(2,15-23)16-25-14-20-6-4-3-5-7-20/h3-7,18-19,23H,8-17H2,1-2H3. The van der Waals surface area contributed by atoms with Crippen molar-refractivity contribution in [2.45, 2.75) is 59.0 Å². The maximum absolute atomic E-state index is 12.1. The highest BCUT2D eigenvalue weighted by atomic mass is 16.5. The molecule has 4 nitrogen and oxygen atoms in total. The van der Waals surface area contributed by atoms with Crippen molar-refractivity contribution in [2.24, 2.45) is 17.3 Å². The average Bonchev–Trinajstić information content (AvgIpc) is 2.67. The van der Waals surface area contributed by atoms with E-state index in [9.17, 15) is 9.90 Å². The van der Waals surface area contributed by atoms with Gasteiger partial charge >= 0.3 is 5.97 Å². The van der Waals surface area contributed by atoms with Crippen LogP contribution in [-0.4, -0.2) is 30.9 Å². The molecule has 26 heavy (non-hydrogen) atoms. The molecule has 1 aliphatic rings. The number of esters is 1. The molecule has 1 saturated carbocycles. The lowest BCUT2D eigenvalue weighted by Crippen LogP contribution is -2.34. The topological polar surface area (TPSA) is 55.8 Å². The molecule has 0 radical (unpaired) electrons. The van der Waals surface area contributed by atoms with Crippen molar-refractivity contribution in [3.8, 4) is 0 Å². The Morgan fingerprint density at radius 2 is 1.85 bits per heavy atom. The molecular formula is C22H34O4. The summed E-state index contributed by atoms with van der Waals surface area (Å²) in [4.78, 5) is 12.1. The third-order valence-electron chi connectivity index (χ3n) is 5.42. The van der Waals surface area contributed by atoms with Gasteiger partial charge in [0.2, 0.25) is 0 Å². The summed E-state index contributed by atoms with van der Waals surface area (Å²) >= 11 is 0. The molecule has 1 aromatic rings. The summed E-state index contributed by atoms with van der Waals surface area (Å²) in [7, 11) is 0. The van der Waals surface area contributed by atoms with Crippen LogP contribution in [-0.2, 0) is 20.9 Å². The molecule has 1 fully saturated rings. The van der Waals surface area contributed by atoms with Crippen molar-refractivity contribution < 1.29 is 19.4 Å². The first-order valence-corrected chi connectivity index (χ1v) is 9.89. The maximum Gasteiger partial charge on any atom is 0.305 e. The molecule has 1 aromatic carbocycles. The van der Waals surface area contributed by atoms with E-state index in [1.54, 1.807) is 0 Å². The number of aliphatic hydroxyl groups excluding tert-OH is 1. The molecule has 1 aliphatic carbocycles. The Balaban J connectivity index is 1.64. The van der Waals surface area contributed by atoms with Crippen LogP contribution in [0.2, 0.25) is 0 Å². The van der Waals surface area contributed by atoms with Gasteiger partial charge in [0.1, 0.15) is 6.61 Å². The lowest BCUT2D eigenvalue weighted by molar-refractivity contribution is -0.150. The van der Waals surface area contributed by atoms with E-state index in [-0.39, 0.29) is 19.2 Å². The molecule has 1 atom stereocenters. The number of carbonyl (C=O) groups excluding carboxylic acids is 1. The number of carbonyl (C=O) groups is 1. The lowest BCUT2D eigenvalue weighted by atomic mass is 9.81. The van der Waals surface area contributed by atoms with Crippen LogP contribution in [0.1, 0.15) is 57.9 Å². The molecule has 2 rings (SSSR count). The van der Waals surface area contributed by atoms with Gasteiger partial charge < -0.3 is 14.6 Å². The zero-order valence-electron chi connectivity index (χ0n) is 16.3. The molecule has 146 valence electrons. The molecule has 1 unspecified atom stereocenters. The smallest absolute Gasteiger partial charge is 0.305 e. The van der Waals surface area contributed by atoms with E-state index in [1.165, 1.54) is 25.7 Å². The molecule has 0 bridgehead atoms. The van der Waals surface area contributed by atoms with Crippen LogP contribution in [0.4, 0.5) is 0 Å². The normalized spacial score (nSPS) is 22.6. The fourth-order valence-electron chi connectivity index (χ4n) is 3.39. The summed E-state index contributed by atoms with van der Waals surface area (Å²) in [5.74, 6) is 1.34. The maximum atomic E-state index is 12.1. The Hall–Kier alpha value is -1.39. The van der Waals surface area contributed by atoms with E-state index < -0.39 is 5.41 Å². The van der Waals surface area contributed by atoms with Crippen LogP contribution < -0.4 is 0 Å². The Labute approximate surface area is 157 Å². The Morgan fingerprint density at radius 1 is 1.15 bits per heavy atom. The summed E-state index contributed by atoms with van der Waals surface area (Å²) in [6, 6.07) is 9.91. The summed E-state index contributed by atoms with van der Waals surface area (Å²) in [5, 5.41) is 9.68. The number of ether oxygens (including phenoxy) is 2. The van der Waals surface area contributed by atoms with Crippen molar-refractivity contribution in [3.63, 3.8) is 0 Å². The van der Waals surface area contributed by atoms with Gasteiger partial charge in [0.05, 0.1) is 19.8 Å². The number of aliphatic hydroxyl groups is 1. The summed E-state index contributed by atoms with van der Waals surface area (Å²) in [5.41, 5.74) is 0.525. The minimum absolute atomic E-state index is 0.0738. The van der Waals surface area contributed by atoms with Crippen LogP contribution in [0.5, 0.6) is 0 Å². The first-order chi connectivity index (χ1) is 12.5. The zero-order chi connectivity index (χ0) is 18.8. The van der Waals surface area contributed by atoms with Crippen molar-refractivity contribution in [2.75, 3.05) is 19.8 Å². The highest BCUT2D eigenvalue weighted by molar-refractivity contribution is 5.69. The van der Waals surface area contributed by atoms with Crippen LogP contribution in [0.25, 0.3) is 0 Å². The van der Waals surface area contributed by atoms with Gasteiger partial charge in [0.25, 0.3) is 0 Å². The number of hydrogen-bond acceptors (Lipinski definition) is 4. The van der Waals surface area contributed by atoms with Gasteiger partial charge in [0.15, 0.2) is 0 Å². The summed E-state index contributed by atoms with van der Waals surface area (Å²) < 4.78 is 11.2. The van der Waals surface area contributed by atoms with E-state index in [2.05, 4.69) is 6.92 Å². The molecular weight excluding hydrogens is 328 g/mol. The predicted molar refractivity (Wildman–Crippen MR) is 103 cm³/mol. The number of hydrogen-bond donors (Lipinski definition) is 1. The van der Waals surface area contributed by atoms with E-state index in [0.717, 1.165) is 17.9 Å². The molecule has 1 N–H and O–H groups in total. The quantitative estimate of drug-likeness (QED) is 0.629. The molecule has 0 saturated heterocycles. The van der Waals surface area contributed by atoms with Crippen molar-refractivity contribution in [1.82, 2.24) is 0 Å². The second-order valence-corrected chi connectivity index (χ2v) is 8.27. The fourth-order valence-corrected chi connectivity index (χ4v) is 3.39. The fraction of sp³-hybridized carbons (Fsp3) is 0.682. The minimum Gasteiger partial charge on any atom is -0.465 e. The highest BCUT2D eigenvalue weighted by Gasteiger charge is 2.26. The van der Waals surface area contributed by atoms with Crippen LogP contribution >= 0.6 is 0 Å². The Bertz CT molecular complexity index is 522. The third kappa shape index (κ3) is 7.46. The Morgan fingerprint density at radius 3 is 2.50 bits per heavy atom. The molecule has 0 amide bonds. The first-order valence-electron chi connectivity index (χ1n) is 9.89. The van der Waals surface area contributed by atoms with Crippen molar-refractivity contribution in [3.05, 3.63) is 35.9 Å². The summed E-state index contributed by atoms with van der Waals surface area (Å²) in [6.07, 6.45) is 6.42. The molecule has 0 aliphatic heterocycles. The average molecular weight is 363 g/mol. The third-order valence-corrected chi connectivity index (χ3v) is 5.42. The van der Waals surface area contributed by atoms with Crippen LogP contribution in [0, 0.1) is 17.3 Å². The lowest BCUT2D eigenvalue weighted by Gasteiger charge is -2.27. The van der Waals surface area contributed by atoms with Gasteiger partial charge in [-0.05, 0) is 23.8 Å². The highest BCUT2D eigenvalue weighted by Crippen LogP contribution is 2.31. The molecule has 0 heterocycles. The van der Waals surface area contributed by atoms with Gasteiger partial charge in [-0.2, -0.15) is 0 Å². The molecule has 4 heteroatoms. The molecule has 0 spiro atoms. The number of benzene rings is 1. The van der Waals surface area contributed by atoms with Gasteiger partial charge in [-0.25, -0.2) is 0 Å². The number of rotatable bonds is 10. The second kappa shape index (κ2) is 10.7. The van der Waals surface area contributed by atoms with Crippen molar-refractivity contribution >= 4 is 5.97 Å². The van der Waals surface area contributed by atoms with Crippen LogP contribution in [0.3, 0.4) is 0 Å². The first kappa shape index (κ1) is 20.9. The van der Waals surface area contributed by atoms with Gasteiger partial charge in [-0.3, -0.25) is 4.79 Å². The van der Waals surface area contributed by atoms with E-state index in [4.69, 9.17) is 9.47 Å². The minimum atomic E-state index is -0.565. The predicted octanol–water partition coefficient (Wildman–Crippen LogP) is 4.35. The zero-order valence-corrected chi connectivity index (χ0v) is 16.3. The second-order valence-electron chi connectivity index (χ2n) is 8.27. The van der Waals surface area contributed by atoms with Crippen molar-refractivity contribution in [1.29, 1.82) is 0 Å². The largest absolute Gasteiger partial charge is 0.465 e. The van der Waals surface area contributed by atoms with E-state index >= 15 is 0 Å². The monoisotopic (exact) mass is 362 g/mol. The van der Waals surface area contributed by atoms with Gasteiger partial charge in [-0.1, -0.05) is 69.9 Å². The van der Waals surface area contributed by atoms with Crippen LogP contribution in [0.15, 0.2) is 30.3 Å². The summed E-state index contributed by atoms with van der Waals surface area (Å²) in [6.45, 7) is 5.15. The van der Waals surface area contributed by atoms with Gasteiger partial charge in [0, 0.05) is 11.8 Å². The SMILES string of the molecule is CC1CCC(CCC(=O)OCC(C)(CO)COCc2ccccc2)CC1.